The van der Waals surface area contributed by atoms with Crippen LogP contribution in [0, 0.1) is 0 Å². The van der Waals surface area contributed by atoms with Gasteiger partial charge in [-0.2, -0.15) is 5.10 Å². The summed E-state index contributed by atoms with van der Waals surface area (Å²) in [5.74, 6) is -0.987. The highest BCUT2D eigenvalue weighted by Gasteiger charge is 2.14. The van der Waals surface area contributed by atoms with E-state index < -0.39 is 5.97 Å². The van der Waals surface area contributed by atoms with Crippen LogP contribution in [-0.4, -0.2) is 46.1 Å². The molecule has 1 saturated heterocycles. The number of aliphatic carboxylic acids is 1. The first-order chi connectivity index (χ1) is 9.63. The first kappa shape index (κ1) is 14.3. The zero-order chi connectivity index (χ0) is 14.4. The Morgan fingerprint density at radius 1 is 1.50 bits per heavy atom. The van der Waals surface area contributed by atoms with E-state index in [0.29, 0.717) is 12.2 Å². The molecule has 0 aliphatic carbocycles. The van der Waals surface area contributed by atoms with Crippen molar-refractivity contribution < 1.29 is 19.4 Å². The number of amides is 2. The third kappa shape index (κ3) is 4.54. The number of nitrogens with zero attached hydrogens (tertiary/aromatic N) is 2. The molecule has 0 aromatic carbocycles. The zero-order valence-corrected chi connectivity index (χ0v) is 11.0. The minimum Gasteiger partial charge on any atom is -0.480 e. The Hall–Kier alpha value is -2.09. The number of carboxylic acid groups (broad SMARTS) is 1. The van der Waals surface area contributed by atoms with E-state index in [1.807, 2.05) is 0 Å². The van der Waals surface area contributed by atoms with Crippen LogP contribution in [0.4, 0.5) is 10.5 Å². The van der Waals surface area contributed by atoms with Gasteiger partial charge >= 0.3 is 12.0 Å². The van der Waals surface area contributed by atoms with Gasteiger partial charge in [-0.3, -0.25) is 9.48 Å². The minimum atomic E-state index is -0.987. The van der Waals surface area contributed by atoms with Crippen LogP contribution in [0.3, 0.4) is 0 Å². The van der Waals surface area contributed by atoms with Crippen molar-refractivity contribution in [3.8, 4) is 0 Å². The Balaban J connectivity index is 1.73. The molecule has 1 atom stereocenters. The summed E-state index contributed by atoms with van der Waals surface area (Å²) in [4.78, 5) is 22.2. The van der Waals surface area contributed by atoms with Crippen molar-refractivity contribution in [2.75, 3.05) is 18.5 Å². The van der Waals surface area contributed by atoms with Crippen LogP contribution in [0.2, 0.25) is 0 Å². The van der Waals surface area contributed by atoms with Gasteiger partial charge in [0.2, 0.25) is 0 Å². The highest BCUT2D eigenvalue weighted by atomic mass is 16.5. The van der Waals surface area contributed by atoms with Gasteiger partial charge < -0.3 is 20.5 Å². The summed E-state index contributed by atoms with van der Waals surface area (Å²) in [7, 11) is 0. The molecule has 0 radical (unpaired) electrons. The number of urea groups is 1. The molecule has 110 valence electrons. The molecule has 8 heteroatoms. The quantitative estimate of drug-likeness (QED) is 0.735. The summed E-state index contributed by atoms with van der Waals surface area (Å²) < 4.78 is 6.74. The topological polar surface area (TPSA) is 105 Å². The average Bonchev–Trinajstić information content (AvgIpc) is 2.84. The molecule has 3 N–H and O–H groups in total. The SMILES string of the molecule is O=C(O)Cn1cc(NC(=O)NCC2CCCCO2)cn1. The van der Waals surface area contributed by atoms with Crippen LogP contribution in [-0.2, 0) is 16.1 Å². The number of nitrogens with one attached hydrogen (secondary N) is 2. The second-order valence-electron chi connectivity index (χ2n) is 4.64. The average molecular weight is 282 g/mol. The Kier molecular flexibility index (Phi) is 4.94. The van der Waals surface area contributed by atoms with Gasteiger partial charge in [0, 0.05) is 19.3 Å². The minimum absolute atomic E-state index is 0.0734. The molecule has 2 heterocycles. The highest BCUT2D eigenvalue weighted by Crippen LogP contribution is 2.11. The number of hydrogen-bond acceptors (Lipinski definition) is 4. The fourth-order valence-corrected chi connectivity index (χ4v) is 2.00. The molecule has 1 aromatic heterocycles. The molecule has 2 amide bonds. The lowest BCUT2D eigenvalue weighted by atomic mass is 10.1. The Morgan fingerprint density at radius 3 is 3.05 bits per heavy atom. The van der Waals surface area contributed by atoms with Gasteiger partial charge in [0.25, 0.3) is 0 Å². The van der Waals surface area contributed by atoms with Crippen LogP contribution < -0.4 is 10.6 Å². The lowest BCUT2D eigenvalue weighted by Crippen LogP contribution is -2.37. The summed E-state index contributed by atoms with van der Waals surface area (Å²) in [6, 6.07) is -0.353. The molecule has 1 aliphatic rings. The second-order valence-corrected chi connectivity index (χ2v) is 4.64. The molecule has 1 fully saturated rings. The number of rotatable bonds is 5. The molecule has 0 saturated carbocycles. The van der Waals surface area contributed by atoms with Crippen molar-refractivity contribution in [2.45, 2.75) is 31.9 Å². The van der Waals surface area contributed by atoms with E-state index in [2.05, 4.69) is 15.7 Å². The van der Waals surface area contributed by atoms with Gasteiger partial charge in [-0.15, -0.1) is 0 Å². The summed E-state index contributed by atoms with van der Waals surface area (Å²) in [6.07, 6.45) is 6.09. The maximum Gasteiger partial charge on any atom is 0.325 e. The fraction of sp³-hybridized carbons (Fsp3) is 0.583. The summed E-state index contributed by atoms with van der Waals surface area (Å²) in [5.41, 5.74) is 0.452. The molecular weight excluding hydrogens is 264 g/mol. The predicted molar refractivity (Wildman–Crippen MR) is 70.5 cm³/mol. The lowest BCUT2D eigenvalue weighted by molar-refractivity contribution is -0.137. The van der Waals surface area contributed by atoms with Crippen molar-refractivity contribution in [1.29, 1.82) is 0 Å². The van der Waals surface area contributed by atoms with Crippen LogP contribution in [0.5, 0.6) is 0 Å². The van der Waals surface area contributed by atoms with E-state index in [-0.39, 0.29) is 18.7 Å². The second kappa shape index (κ2) is 6.90. The largest absolute Gasteiger partial charge is 0.480 e. The van der Waals surface area contributed by atoms with Crippen molar-refractivity contribution in [3.63, 3.8) is 0 Å². The summed E-state index contributed by atoms with van der Waals surface area (Å²) in [6.45, 7) is 0.976. The number of carboxylic acids is 1. The maximum absolute atomic E-state index is 11.7. The molecule has 20 heavy (non-hydrogen) atoms. The molecular formula is C12H18N4O4. The highest BCUT2D eigenvalue weighted by molar-refractivity contribution is 5.88. The van der Waals surface area contributed by atoms with E-state index in [1.165, 1.54) is 17.1 Å². The Labute approximate surface area is 116 Å². The summed E-state index contributed by atoms with van der Waals surface area (Å²) in [5, 5.41) is 17.8. The molecule has 2 rings (SSSR count). The number of anilines is 1. The predicted octanol–water partition coefficient (Wildman–Crippen LogP) is 0.658. The van der Waals surface area contributed by atoms with E-state index >= 15 is 0 Å². The molecule has 0 bridgehead atoms. The normalized spacial score (nSPS) is 18.5. The number of hydrogen-bond donors (Lipinski definition) is 3. The van der Waals surface area contributed by atoms with Crippen molar-refractivity contribution >= 4 is 17.7 Å². The maximum atomic E-state index is 11.7. The van der Waals surface area contributed by atoms with E-state index in [4.69, 9.17) is 9.84 Å². The molecule has 0 spiro atoms. The third-order valence-corrected chi connectivity index (χ3v) is 2.95. The Bertz CT molecular complexity index is 468. The van der Waals surface area contributed by atoms with Gasteiger partial charge in [-0.05, 0) is 19.3 Å². The zero-order valence-electron chi connectivity index (χ0n) is 11.0. The van der Waals surface area contributed by atoms with Crippen LogP contribution >= 0.6 is 0 Å². The smallest absolute Gasteiger partial charge is 0.325 e. The lowest BCUT2D eigenvalue weighted by Gasteiger charge is -2.22. The first-order valence-corrected chi connectivity index (χ1v) is 6.54. The first-order valence-electron chi connectivity index (χ1n) is 6.54. The van der Waals surface area contributed by atoms with E-state index in [9.17, 15) is 9.59 Å². The van der Waals surface area contributed by atoms with Gasteiger partial charge in [-0.1, -0.05) is 0 Å². The fourth-order valence-electron chi connectivity index (χ4n) is 2.00. The monoisotopic (exact) mass is 282 g/mol. The van der Waals surface area contributed by atoms with Gasteiger partial charge in [0.15, 0.2) is 0 Å². The number of ether oxygens (including phenoxy) is 1. The molecule has 1 unspecified atom stereocenters. The number of carbonyl (C=O) groups is 2. The van der Waals surface area contributed by atoms with Gasteiger partial charge in [0.1, 0.15) is 6.54 Å². The van der Waals surface area contributed by atoms with Crippen LogP contribution in [0.1, 0.15) is 19.3 Å². The third-order valence-electron chi connectivity index (χ3n) is 2.95. The van der Waals surface area contributed by atoms with Gasteiger partial charge in [-0.25, -0.2) is 4.79 Å². The van der Waals surface area contributed by atoms with Crippen molar-refractivity contribution in [2.24, 2.45) is 0 Å². The number of carbonyl (C=O) groups excluding carboxylic acids is 1. The van der Waals surface area contributed by atoms with Crippen molar-refractivity contribution in [3.05, 3.63) is 12.4 Å². The molecule has 1 aliphatic heterocycles. The summed E-state index contributed by atoms with van der Waals surface area (Å²) >= 11 is 0. The molecule has 8 nitrogen and oxygen atoms in total. The standard InChI is InChI=1S/C12H18N4O4/c17-11(18)8-16-7-9(5-14-16)15-12(19)13-6-10-3-1-2-4-20-10/h5,7,10H,1-4,6,8H2,(H,17,18)(H2,13,15,19). The van der Waals surface area contributed by atoms with E-state index in [0.717, 1.165) is 25.9 Å². The van der Waals surface area contributed by atoms with E-state index in [1.54, 1.807) is 0 Å². The van der Waals surface area contributed by atoms with Crippen LogP contribution in [0.25, 0.3) is 0 Å². The molecule has 1 aromatic rings. The van der Waals surface area contributed by atoms with Crippen molar-refractivity contribution in [1.82, 2.24) is 15.1 Å². The van der Waals surface area contributed by atoms with Gasteiger partial charge in [0.05, 0.1) is 18.0 Å². The van der Waals surface area contributed by atoms with Crippen LogP contribution in [0.15, 0.2) is 12.4 Å². The number of aromatic nitrogens is 2. The Morgan fingerprint density at radius 2 is 2.35 bits per heavy atom.